The quantitative estimate of drug-likeness (QED) is 0.743. The Morgan fingerprint density at radius 1 is 1.24 bits per heavy atom. The highest BCUT2D eigenvalue weighted by atomic mass is 16.2. The summed E-state index contributed by atoms with van der Waals surface area (Å²) < 4.78 is 0. The van der Waals surface area contributed by atoms with E-state index in [1.54, 1.807) is 24.3 Å². The summed E-state index contributed by atoms with van der Waals surface area (Å²) in [7, 11) is 0. The van der Waals surface area contributed by atoms with Crippen LogP contribution in [0.5, 0.6) is 0 Å². The first-order valence-corrected chi connectivity index (χ1v) is 6.39. The van der Waals surface area contributed by atoms with Gasteiger partial charge in [-0.3, -0.25) is 9.59 Å². The van der Waals surface area contributed by atoms with E-state index < -0.39 is 5.91 Å². The Morgan fingerprint density at radius 3 is 2.67 bits per heavy atom. The lowest BCUT2D eigenvalue weighted by Gasteiger charge is -2.04. The van der Waals surface area contributed by atoms with Gasteiger partial charge in [-0.15, -0.1) is 0 Å². The van der Waals surface area contributed by atoms with Crippen molar-refractivity contribution in [1.29, 1.82) is 0 Å². The number of carbonyl (C=O) groups excluding carboxylic acids is 1. The molecular weight excluding hydrogens is 268 g/mol. The van der Waals surface area contributed by atoms with Gasteiger partial charge in [0.2, 0.25) is 0 Å². The molecule has 0 bridgehead atoms. The van der Waals surface area contributed by atoms with Gasteiger partial charge in [-0.05, 0) is 24.3 Å². The summed E-state index contributed by atoms with van der Waals surface area (Å²) in [6.45, 7) is 0.0345. The molecule has 2 aromatic rings. The smallest absolute Gasteiger partial charge is 0.261 e. The molecule has 0 saturated heterocycles. The van der Waals surface area contributed by atoms with Gasteiger partial charge in [-0.25, -0.2) is 0 Å². The van der Waals surface area contributed by atoms with Crippen LogP contribution in [-0.2, 0) is 0 Å². The monoisotopic (exact) mass is 282 g/mol. The van der Waals surface area contributed by atoms with Crippen molar-refractivity contribution in [3.8, 4) is 11.8 Å². The van der Waals surface area contributed by atoms with E-state index in [-0.39, 0.29) is 17.6 Å². The molecule has 0 saturated carbocycles. The molecule has 0 fully saturated rings. The predicted molar refractivity (Wildman–Crippen MR) is 80.0 cm³/mol. The van der Waals surface area contributed by atoms with Gasteiger partial charge in [0.15, 0.2) is 5.43 Å². The van der Waals surface area contributed by atoms with Crippen LogP contribution in [0.15, 0.2) is 47.5 Å². The Balaban J connectivity index is 2.07. The lowest BCUT2D eigenvalue weighted by Crippen LogP contribution is -2.20. The first kappa shape index (κ1) is 14.6. The Kier molecular flexibility index (Phi) is 4.91. The maximum absolute atomic E-state index is 11.9. The van der Waals surface area contributed by atoms with Crippen LogP contribution in [0, 0.1) is 11.8 Å². The number of rotatable bonds is 3. The number of H-pyrrole nitrogens is 1. The molecular formula is C16H14N2O3. The number of aromatic amines is 1. The van der Waals surface area contributed by atoms with Crippen molar-refractivity contribution in [2.24, 2.45) is 0 Å². The number of carbonyl (C=O) groups is 1. The van der Waals surface area contributed by atoms with E-state index in [0.717, 1.165) is 5.56 Å². The van der Waals surface area contributed by atoms with Gasteiger partial charge in [-0.2, -0.15) is 0 Å². The van der Waals surface area contributed by atoms with Crippen LogP contribution in [0.2, 0.25) is 0 Å². The zero-order valence-corrected chi connectivity index (χ0v) is 11.2. The number of nitrogens with one attached hydrogen (secondary N) is 2. The second-order valence-corrected chi connectivity index (χ2v) is 4.23. The molecule has 1 amide bonds. The summed E-state index contributed by atoms with van der Waals surface area (Å²) in [5.74, 6) is 5.24. The van der Waals surface area contributed by atoms with Gasteiger partial charge in [0, 0.05) is 36.1 Å². The minimum atomic E-state index is -0.462. The highest BCUT2D eigenvalue weighted by Gasteiger charge is 2.09. The van der Waals surface area contributed by atoms with Gasteiger partial charge in [-0.1, -0.05) is 11.8 Å². The van der Waals surface area contributed by atoms with E-state index >= 15 is 0 Å². The molecule has 0 unspecified atom stereocenters. The Labute approximate surface area is 121 Å². The van der Waals surface area contributed by atoms with Crippen LogP contribution >= 0.6 is 0 Å². The highest BCUT2D eigenvalue weighted by molar-refractivity contribution is 6.03. The maximum atomic E-state index is 11.9. The van der Waals surface area contributed by atoms with E-state index in [1.165, 1.54) is 18.5 Å². The molecule has 2 rings (SSSR count). The number of hydrogen-bond donors (Lipinski definition) is 3. The molecule has 1 aromatic heterocycles. The second kappa shape index (κ2) is 7.08. The topological polar surface area (TPSA) is 82.2 Å². The third-order valence-electron chi connectivity index (χ3n) is 2.68. The molecule has 0 radical (unpaired) electrons. The van der Waals surface area contributed by atoms with Crippen molar-refractivity contribution >= 4 is 11.6 Å². The summed E-state index contributed by atoms with van der Waals surface area (Å²) >= 11 is 0. The lowest BCUT2D eigenvalue weighted by atomic mass is 10.2. The Morgan fingerprint density at radius 2 is 2.00 bits per heavy atom. The van der Waals surface area contributed by atoms with Gasteiger partial charge < -0.3 is 15.4 Å². The number of aromatic nitrogens is 1. The average Bonchev–Trinajstić information content (AvgIpc) is 2.49. The summed E-state index contributed by atoms with van der Waals surface area (Å²) in [5.41, 5.74) is 1.09. The molecule has 0 spiro atoms. The first-order chi connectivity index (χ1) is 10.2. The molecule has 21 heavy (non-hydrogen) atoms. The summed E-state index contributed by atoms with van der Waals surface area (Å²) in [5, 5.41) is 11.3. The molecule has 0 atom stereocenters. The van der Waals surface area contributed by atoms with Crippen LogP contribution < -0.4 is 10.7 Å². The Bertz CT molecular complexity index is 736. The third kappa shape index (κ3) is 4.06. The van der Waals surface area contributed by atoms with Gasteiger partial charge in [0.1, 0.15) is 5.56 Å². The molecule has 5 nitrogen and oxygen atoms in total. The van der Waals surface area contributed by atoms with E-state index in [9.17, 15) is 9.59 Å². The fourth-order valence-corrected chi connectivity index (χ4v) is 1.65. The fraction of sp³-hybridized carbons (Fsp3) is 0.125. The number of pyridine rings is 1. The van der Waals surface area contributed by atoms with Crippen LogP contribution in [0.3, 0.4) is 0 Å². The highest BCUT2D eigenvalue weighted by Crippen LogP contribution is 2.09. The molecule has 3 N–H and O–H groups in total. The number of aliphatic hydroxyl groups excluding tert-OH is 1. The van der Waals surface area contributed by atoms with E-state index in [0.29, 0.717) is 12.1 Å². The van der Waals surface area contributed by atoms with Crippen LogP contribution in [0.25, 0.3) is 0 Å². The molecule has 0 aliphatic heterocycles. The number of amides is 1. The summed E-state index contributed by atoms with van der Waals surface area (Å²) in [6, 6.07) is 8.23. The minimum absolute atomic E-state index is 0.0345. The number of benzene rings is 1. The maximum Gasteiger partial charge on any atom is 0.261 e. The zero-order chi connectivity index (χ0) is 15.1. The van der Waals surface area contributed by atoms with E-state index in [2.05, 4.69) is 22.1 Å². The lowest BCUT2D eigenvalue weighted by molar-refractivity contribution is 0.102. The van der Waals surface area contributed by atoms with Crippen LogP contribution in [0.1, 0.15) is 22.3 Å². The normalized spacial score (nSPS) is 9.57. The minimum Gasteiger partial charge on any atom is -0.395 e. The van der Waals surface area contributed by atoms with Crippen molar-refractivity contribution in [1.82, 2.24) is 4.98 Å². The number of aliphatic hydroxyl groups is 1. The fourth-order valence-electron chi connectivity index (χ4n) is 1.65. The number of anilines is 1. The molecule has 5 heteroatoms. The summed E-state index contributed by atoms with van der Waals surface area (Å²) in [4.78, 5) is 26.2. The Hall–Kier alpha value is -2.84. The van der Waals surface area contributed by atoms with Crippen molar-refractivity contribution in [2.45, 2.75) is 6.42 Å². The van der Waals surface area contributed by atoms with E-state index in [4.69, 9.17) is 5.11 Å². The number of hydrogen-bond acceptors (Lipinski definition) is 3. The standard InChI is InChI=1S/C16H14N2O3/c19-10-2-1-3-12-4-6-13(7-5-12)18-16(21)14-11-17-9-8-15(14)20/h4-9,11,19H,2,10H2,(H,17,20)(H,18,21). The van der Waals surface area contributed by atoms with Crippen molar-refractivity contribution in [3.05, 3.63) is 64.1 Å². The van der Waals surface area contributed by atoms with Gasteiger partial charge >= 0.3 is 0 Å². The first-order valence-electron chi connectivity index (χ1n) is 6.39. The average molecular weight is 282 g/mol. The van der Waals surface area contributed by atoms with Crippen molar-refractivity contribution in [3.63, 3.8) is 0 Å². The molecule has 0 aliphatic carbocycles. The molecule has 1 heterocycles. The van der Waals surface area contributed by atoms with Crippen molar-refractivity contribution < 1.29 is 9.90 Å². The second-order valence-electron chi connectivity index (χ2n) is 4.23. The van der Waals surface area contributed by atoms with Crippen molar-refractivity contribution in [2.75, 3.05) is 11.9 Å². The van der Waals surface area contributed by atoms with Crippen LogP contribution in [0.4, 0.5) is 5.69 Å². The SMILES string of the molecule is O=C(Nc1ccc(C#CCCO)cc1)c1c[nH]ccc1=O. The zero-order valence-electron chi connectivity index (χ0n) is 11.2. The van der Waals surface area contributed by atoms with E-state index in [1.807, 2.05) is 0 Å². The largest absolute Gasteiger partial charge is 0.395 e. The predicted octanol–water partition coefficient (Wildman–Crippen LogP) is 1.36. The summed E-state index contributed by atoms with van der Waals surface area (Å²) in [6.07, 6.45) is 3.26. The van der Waals surface area contributed by atoms with Crippen LogP contribution in [-0.4, -0.2) is 22.6 Å². The molecule has 0 aliphatic rings. The van der Waals surface area contributed by atoms with Gasteiger partial charge in [0.05, 0.1) is 6.61 Å². The van der Waals surface area contributed by atoms with Gasteiger partial charge in [0.25, 0.3) is 5.91 Å². The third-order valence-corrected chi connectivity index (χ3v) is 2.68. The molecule has 106 valence electrons. The molecule has 1 aromatic carbocycles.